The van der Waals surface area contributed by atoms with E-state index in [1.54, 1.807) is 23.5 Å². The van der Waals surface area contributed by atoms with Crippen LogP contribution in [0, 0.1) is 22.7 Å². The van der Waals surface area contributed by atoms with Gasteiger partial charge in [0.25, 0.3) is 0 Å². The van der Waals surface area contributed by atoms with Gasteiger partial charge in [0.15, 0.2) is 0 Å². The van der Waals surface area contributed by atoms with Crippen LogP contribution in [0.15, 0.2) is 115 Å². The number of fused-ring (bicyclic) bond motifs is 4. The molecule has 0 aliphatic carbocycles. The SMILES string of the molecule is N#Cc1ccc(-c2cc(-c3nc4ccccc4s3)cc(-c3cc4ccccc4c4ccccc34)c2)cc1C#N. The van der Waals surface area contributed by atoms with Gasteiger partial charge in [-0.3, -0.25) is 0 Å². The molecule has 7 aromatic rings. The van der Waals surface area contributed by atoms with E-state index in [1.807, 2.05) is 24.3 Å². The van der Waals surface area contributed by atoms with Gasteiger partial charge < -0.3 is 0 Å². The number of benzene rings is 6. The van der Waals surface area contributed by atoms with E-state index in [2.05, 4.69) is 91.0 Å². The smallest absolute Gasteiger partial charge is 0.124 e. The molecule has 180 valence electrons. The Morgan fingerprint density at radius 1 is 0.538 bits per heavy atom. The van der Waals surface area contributed by atoms with Gasteiger partial charge in [-0.05, 0) is 92.3 Å². The second kappa shape index (κ2) is 9.23. The minimum Gasteiger partial charge on any atom is -0.236 e. The van der Waals surface area contributed by atoms with Crippen molar-refractivity contribution in [1.82, 2.24) is 4.98 Å². The summed E-state index contributed by atoms with van der Waals surface area (Å²) in [6.45, 7) is 0. The first-order chi connectivity index (χ1) is 19.2. The van der Waals surface area contributed by atoms with Gasteiger partial charge in [-0.25, -0.2) is 4.98 Å². The molecule has 4 heteroatoms. The lowest BCUT2D eigenvalue weighted by Crippen LogP contribution is -1.90. The van der Waals surface area contributed by atoms with Crippen molar-refractivity contribution in [2.45, 2.75) is 0 Å². The Morgan fingerprint density at radius 2 is 1.23 bits per heavy atom. The normalized spacial score (nSPS) is 11.0. The Balaban J connectivity index is 1.53. The van der Waals surface area contributed by atoms with Crippen molar-refractivity contribution in [3.63, 3.8) is 0 Å². The summed E-state index contributed by atoms with van der Waals surface area (Å²) >= 11 is 1.67. The minimum absolute atomic E-state index is 0.373. The van der Waals surface area contributed by atoms with Crippen LogP contribution in [-0.4, -0.2) is 4.98 Å². The Kier molecular flexibility index (Phi) is 5.41. The van der Waals surface area contributed by atoms with Crippen LogP contribution in [0.25, 0.3) is 64.6 Å². The first-order valence-corrected chi connectivity index (χ1v) is 13.4. The Hall–Kier alpha value is -5.29. The molecule has 0 atom stereocenters. The van der Waals surface area contributed by atoms with Gasteiger partial charge in [0.2, 0.25) is 0 Å². The molecule has 0 aliphatic rings. The highest BCUT2D eigenvalue weighted by molar-refractivity contribution is 7.21. The van der Waals surface area contributed by atoms with Crippen molar-refractivity contribution >= 4 is 43.1 Å². The number of rotatable bonds is 3. The number of para-hydroxylation sites is 1. The number of thiazole rings is 1. The fourth-order valence-corrected chi connectivity index (χ4v) is 6.23. The summed E-state index contributed by atoms with van der Waals surface area (Å²) < 4.78 is 1.14. The predicted molar refractivity (Wildman–Crippen MR) is 160 cm³/mol. The van der Waals surface area contributed by atoms with Crippen molar-refractivity contribution < 1.29 is 0 Å². The third-order valence-electron chi connectivity index (χ3n) is 7.15. The maximum atomic E-state index is 9.68. The molecule has 0 radical (unpaired) electrons. The minimum atomic E-state index is 0.373. The van der Waals surface area contributed by atoms with Crippen molar-refractivity contribution in [2.75, 3.05) is 0 Å². The van der Waals surface area contributed by atoms with Gasteiger partial charge in [0.1, 0.15) is 17.1 Å². The molecule has 0 bridgehead atoms. The maximum absolute atomic E-state index is 9.68. The first-order valence-electron chi connectivity index (χ1n) is 12.6. The zero-order chi connectivity index (χ0) is 26.3. The van der Waals surface area contributed by atoms with Crippen LogP contribution in [0.4, 0.5) is 0 Å². The van der Waals surface area contributed by atoms with E-state index in [4.69, 9.17) is 4.98 Å². The highest BCUT2D eigenvalue weighted by atomic mass is 32.1. The number of nitrogens with zero attached hydrogens (tertiary/aromatic N) is 3. The molecule has 0 saturated heterocycles. The van der Waals surface area contributed by atoms with Crippen molar-refractivity contribution in [3.05, 3.63) is 126 Å². The summed E-state index contributed by atoms with van der Waals surface area (Å²) in [4.78, 5) is 4.95. The molecular formula is C35H19N3S. The van der Waals surface area contributed by atoms with Crippen molar-refractivity contribution in [2.24, 2.45) is 0 Å². The lowest BCUT2D eigenvalue weighted by atomic mass is 9.90. The third-order valence-corrected chi connectivity index (χ3v) is 8.23. The summed E-state index contributed by atoms with van der Waals surface area (Å²) in [6, 6.07) is 43.7. The molecule has 0 N–H and O–H groups in total. The molecular weight excluding hydrogens is 494 g/mol. The molecule has 0 aliphatic heterocycles. The van der Waals surface area contributed by atoms with E-state index in [9.17, 15) is 10.5 Å². The van der Waals surface area contributed by atoms with Gasteiger partial charge in [-0.1, -0.05) is 66.7 Å². The van der Waals surface area contributed by atoms with E-state index in [0.29, 0.717) is 11.1 Å². The second-order valence-electron chi connectivity index (χ2n) is 9.46. The van der Waals surface area contributed by atoms with Crippen LogP contribution in [0.3, 0.4) is 0 Å². The summed E-state index contributed by atoms with van der Waals surface area (Å²) in [7, 11) is 0. The van der Waals surface area contributed by atoms with Crippen molar-refractivity contribution in [1.29, 1.82) is 10.5 Å². The lowest BCUT2D eigenvalue weighted by Gasteiger charge is -2.14. The van der Waals surface area contributed by atoms with Crippen LogP contribution >= 0.6 is 11.3 Å². The highest BCUT2D eigenvalue weighted by Gasteiger charge is 2.15. The van der Waals surface area contributed by atoms with E-state index in [-0.39, 0.29) is 0 Å². The number of nitriles is 2. The van der Waals surface area contributed by atoms with Crippen LogP contribution in [-0.2, 0) is 0 Å². The predicted octanol–water partition coefficient (Wildman–Crippen LogP) is 9.35. The van der Waals surface area contributed by atoms with Crippen LogP contribution < -0.4 is 0 Å². The quantitative estimate of drug-likeness (QED) is 0.221. The van der Waals surface area contributed by atoms with Gasteiger partial charge in [-0.2, -0.15) is 10.5 Å². The average Bonchev–Trinajstić information content (AvgIpc) is 3.45. The number of hydrogen-bond acceptors (Lipinski definition) is 4. The molecule has 6 aromatic carbocycles. The van der Waals surface area contributed by atoms with Gasteiger partial charge >= 0.3 is 0 Å². The monoisotopic (exact) mass is 513 g/mol. The van der Waals surface area contributed by atoms with Crippen LogP contribution in [0.2, 0.25) is 0 Å². The standard InChI is InChI=1S/C35H19N3S/c36-20-24-14-13-22(15-28(24)21-37)25-16-26(18-27(17-25)35-38-33-11-5-6-12-34(33)39-35)32-19-23-7-1-2-8-29(23)30-9-3-4-10-31(30)32/h1-19H. The summed E-state index contributed by atoms with van der Waals surface area (Å²) in [6.07, 6.45) is 0. The van der Waals surface area contributed by atoms with Crippen LogP contribution in [0.1, 0.15) is 11.1 Å². The Bertz CT molecular complexity index is 2130. The Morgan fingerprint density at radius 3 is 2.05 bits per heavy atom. The number of hydrogen-bond donors (Lipinski definition) is 0. The number of aromatic nitrogens is 1. The molecule has 39 heavy (non-hydrogen) atoms. The van der Waals surface area contributed by atoms with Gasteiger partial charge in [-0.15, -0.1) is 11.3 Å². The van der Waals surface area contributed by atoms with Gasteiger partial charge in [0, 0.05) is 5.56 Å². The fourth-order valence-electron chi connectivity index (χ4n) is 5.28. The largest absolute Gasteiger partial charge is 0.236 e. The highest BCUT2D eigenvalue weighted by Crippen LogP contribution is 2.40. The fraction of sp³-hybridized carbons (Fsp3) is 0. The Labute approximate surface area is 229 Å². The van der Waals surface area contributed by atoms with E-state index in [0.717, 1.165) is 43.0 Å². The topological polar surface area (TPSA) is 60.5 Å². The maximum Gasteiger partial charge on any atom is 0.124 e. The van der Waals surface area contributed by atoms with Crippen molar-refractivity contribution in [3.8, 4) is 45.0 Å². The van der Waals surface area contributed by atoms with E-state index >= 15 is 0 Å². The molecule has 1 heterocycles. The van der Waals surface area contributed by atoms with Gasteiger partial charge in [0.05, 0.1) is 21.3 Å². The summed E-state index contributed by atoms with van der Waals surface area (Å²) in [5.41, 5.74) is 6.83. The van der Waals surface area contributed by atoms with Crippen LogP contribution in [0.5, 0.6) is 0 Å². The molecule has 3 nitrogen and oxygen atoms in total. The third kappa shape index (κ3) is 3.92. The molecule has 0 amide bonds. The molecule has 0 saturated carbocycles. The lowest BCUT2D eigenvalue weighted by molar-refractivity contribution is 1.43. The second-order valence-corrected chi connectivity index (χ2v) is 10.5. The molecule has 0 spiro atoms. The molecule has 0 unspecified atom stereocenters. The molecule has 0 fully saturated rings. The van der Waals surface area contributed by atoms with E-state index in [1.165, 1.54) is 21.5 Å². The molecule has 1 aromatic heterocycles. The van der Waals surface area contributed by atoms with E-state index < -0.39 is 0 Å². The summed E-state index contributed by atoms with van der Waals surface area (Å²) in [5.74, 6) is 0. The average molecular weight is 514 g/mol. The summed E-state index contributed by atoms with van der Waals surface area (Å²) in [5, 5.41) is 24.9. The zero-order valence-corrected chi connectivity index (χ0v) is 21.5. The zero-order valence-electron chi connectivity index (χ0n) is 20.7. The molecule has 7 rings (SSSR count). The first kappa shape index (κ1) is 22.9.